The summed E-state index contributed by atoms with van der Waals surface area (Å²) in [5.74, 6) is -1.95. The molecule has 2 amide bonds. The topological polar surface area (TPSA) is 93.2 Å². The molecule has 2 aliphatic rings. The molecule has 0 aromatic heterocycles. The number of hydrogen-bond donors (Lipinski definition) is 0. The predicted molar refractivity (Wildman–Crippen MR) is 118 cm³/mol. The van der Waals surface area contributed by atoms with Gasteiger partial charge in [-0.25, -0.2) is 0 Å². The van der Waals surface area contributed by atoms with Crippen LogP contribution in [-0.4, -0.2) is 61.0 Å². The van der Waals surface area contributed by atoms with Crippen LogP contribution in [0.4, 0.5) is 5.69 Å². The van der Waals surface area contributed by atoms with Crippen molar-refractivity contribution < 1.29 is 28.7 Å². The number of esters is 2. The Hall–Kier alpha value is -2.90. The third-order valence-corrected chi connectivity index (χ3v) is 6.19. The lowest BCUT2D eigenvalue weighted by Crippen LogP contribution is -2.46. The van der Waals surface area contributed by atoms with Gasteiger partial charge in [0.2, 0.25) is 5.91 Å². The van der Waals surface area contributed by atoms with Crippen molar-refractivity contribution in [1.82, 2.24) is 4.90 Å². The molecule has 0 unspecified atom stereocenters. The molecular weight excluding hydrogens is 412 g/mol. The summed E-state index contributed by atoms with van der Waals surface area (Å²) >= 11 is 0. The Morgan fingerprint density at radius 1 is 1.06 bits per heavy atom. The van der Waals surface area contributed by atoms with Crippen LogP contribution in [0, 0.1) is 11.8 Å². The van der Waals surface area contributed by atoms with E-state index in [0.717, 1.165) is 17.7 Å². The second-order valence-electron chi connectivity index (χ2n) is 8.32. The monoisotopic (exact) mass is 444 g/mol. The molecule has 1 aromatic carbocycles. The zero-order chi connectivity index (χ0) is 23.3. The third-order valence-electron chi connectivity index (χ3n) is 6.19. The predicted octanol–water partition coefficient (Wildman–Crippen LogP) is 2.34. The van der Waals surface area contributed by atoms with E-state index in [1.54, 1.807) is 23.6 Å². The average Bonchev–Trinajstić information content (AvgIpc) is 3.20. The number of carbonyl (C=O) groups excluding carboxylic acids is 4. The van der Waals surface area contributed by atoms with Crippen LogP contribution in [0.15, 0.2) is 24.3 Å². The molecule has 0 N–H and O–H groups in total. The SMILES string of the molecule is CCOC(=O)C1CCN(C(=O)[C@H](C)OC(=O)[C@H]2CC(=O)N(c3ccccc3CC)C2)CC1. The van der Waals surface area contributed by atoms with Gasteiger partial charge in [-0.05, 0) is 44.7 Å². The van der Waals surface area contributed by atoms with Crippen molar-refractivity contribution in [2.24, 2.45) is 11.8 Å². The number of amides is 2. The number of nitrogens with zero attached hydrogens (tertiary/aromatic N) is 2. The summed E-state index contributed by atoms with van der Waals surface area (Å²) in [4.78, 5) is 53.1. The van der Waals surface area contributed by atoms with Crippen molar-refractivity contribution >= 4 is 29.4 Å². The van der Waals surface area contributed by atoms with Gasteiger partial charge < -0.3 is 19.3 Å². The lowest BCUT2D eigenvalue weighted by molar-refractivity contribution is -0.163. The second kappa shape index (κ2) is 10.6. The summed E-state index contributed by atoms with van der Waals surface area (Å²) in [6.07, 6.45) is 0.993. The maximum Gasteiger partial charge on any atom is 0.312 e. The number of para-hydroxylation sites is 1. The summed E-state index contributed by atoms with van der Waals surface area (Å²) in [5.41, 5.74) is 1.87. The molecular formula is C24H32N2O6. The minimum Gasteiger partial charge on any atom is -0.466 e. The number of ether oxygens (including phenoxy) is 2. The molecule has 2 saturated heterocycles. The first-order chi connectivity index (χ1) is 15.3. The van der Waals surface area contributed by atoms with Crippen LogP contribution in [0.5, 0.6) is 0 Å². The number of carbonyl (C=O) groups is 4. The molecule has 0 bridgehead atoms. The normalized spacial score (nSPS) is 20.2. The highest BCUT2D eigenvalue weighted by molar-refractivity contribution is 6.00. The van der Waals surface area contributed by atoms with Gasteiger partial charge in [0, 0.05) is 31.7 Å². The Morgan fingerprint density at radius 3 is 2.41 bits per heavy atom. The molecule has 2 heterocycles. The number of anilines is 1. The minimum absolute atomic E-state index is 0.0721. The molecule has 2 fully saturated rings. The van der Waals surface area contributed by atoms with Gasteiger partial charge in [0.25, 0.3) is 5.91 Å². The molecule has 0 saturated carbocycles. The fourth-order valence-corrected chi connectivity index (χ4v) is 4.35. The van der Waals surface area contributed by atoms with E-state index in [1.165, 1.54) is 0 Å². The van der Waals surface area contributed by atoms with Crippen molar-refractivity contribution in [3.63, 3.8) is 0 Å². The number of benzene rings is 1. The molecule has 8 nitrogen and oxygen atoms in total. The Kier molecular flexibility index (Phi) is 7.88. The number of likely N-dealkylation sites (tertiary alicyclic amines) is 1. The van der Waals surface area contributed by atoms with Crippen LogP contribution in [0.1, 0.15) is 45.6 Å². The lowest BCUT2D eigenvalue weighted by Gasteiger charge is -2.32. The fraction of sp³-hybridized carbons (Fsp3) is 0.583. The minimum atomic E-state index is -0.936. The van der Waals surface area contributed by atoms with Crippen molar-refractivity contribution in [1.29, 1.82) is 0 Å². The van der Waals surface area contributed by atoms with Gasteiger partial charge >= 0.3 is 11.9 Å². The molecule has 174 valence electrons. The van der Waals surface area contributed by atoms with E-state index in [2.05, 4.69) is 0 Å². The standard InChI is InChI=1S/C24H32N2O6/c1-4-17-8-6-7-9-20(17)26-15-19(14-21(26)27)24(30)32-16(3)22(28)25-12-10-18(11-13-25)23(29)31-5-2/h6-9,16,18-19H,4-5,10-15H2,1-3H3/t16-,19-/m0/s1. The van der Waals surface area contributed by atoms with E-state index in [4.69, 9.17) is 9.47 Å². The largest absolute Gasteiger partial charge is 0.466 e. The first-order valence-electron chi connectivity index (χ1n) is 11.4. The van der Waals surface area contributed by atoms with E-state index in [9.17, 15) is 19.2 Å². The maximum absolute atomic E-state index is 12.7. The Bertz CT molecular complexity index is 862. The van der Waals surface area contributed by atoms with Crippen LogP contribution in [0.2, 0.25) is 0 Å². The zero-order valence-corrected chi connectivity index (χ0v) is 19.0. The van der Waals surface area contributed by atoms with E-state index >= 15 is 0 Å². The Morgan fingerprint density at radius 2 is 1.75 bits per heavy atom. The van der Waals surface area contributed by atoms with Gasteiger partial charge in [0.05, 0.1) is 18.4 Å². The summed E-state index contributed by atoms with van der Waals surface area (Å²) < 4.78 is 10.5. The van der Waals surface area contributed by atoms with Crippen molar-refractivity contribution in [2.45, 2.75) is 52.6 Å². The third kappa shape index (κ3) is 5.29. The molecule has 0 spiro atoms. The fourth-order valence-electron chi connectivity index (χ4n) is 4.35. The molecule has 2 aliphatic heterocycles. The number of hydrogen-bond acceptors (Lipinski definition) is 6. The second-order valence-corrected chi connectivity index (χ2v) is 8.32. The number of piperidine rings is 1. The Labute approximate surface area is 188 Å². The van der Waals surface area contributed by atoms with E-state index in [-0.39, 0.29) is 36.7 Å². The van der Waals surface area contributed by atoms with Crippen LogP contribution >= 0.6 is 0 Å². The van der Waals surface area contributed by atoms with Gasteiger partial charge in [0.1, 0.15) is 0 Å². The summed E-state index contributed by atoms with van der Waals surface area (Å²) in [5, 5.41) is 0. The molecule has 3 rings (SSSR count). The van der Waals surface area contributed by atoms with Crippen molar-refractivity contribution in [3.8, 4) is 0 Å². The highest BCUT2D eigenvalue weighted by Crippen LogP contribution is 2.29. The quantitative estimate of drug-likeness (QED) is 0.600. The highest BCUT2D eigenvalue weighted by atomic mass is 16.5. The van der Waals surface area contributed by atoms with E-state index < -0.39 is 18.0 Å². The van der Waals surface area contributed by atoms with Crippen LogP contribution < -0.4 is 4.90 Å². The zero-order valence-electron chi connectivity index (χ0n) is 19.0. The molecule has 0 radical (unpaired) electrons. The van der Waals surface area contributed by atoms with Gasteiger partial charge in [0.15, 0.2) is 6.10 Å². The number of rotatable bonds is 7. The average molecular weight is 445 g/mol. The van der Waals surface area contributed by atoms with E-state index in [1.807, 2.05) is 31.2 Å². The molecule has 2 atom stereocenters. The van der Waals surface area contributed by atoms with Crippen molar-refractivity contribution in [3.05, 3.63) is 29.8 Å². The van der Waals surface area contributed by atoms with Gasteiger partial charge in [-0.2, -0.15) is 0 Å². The highest BCUT2D eigenvalue weighted by Gasteiger charge is 2.38. The molecule has 0 aliphatic carbocycles. The summed E-state index contributed by atoms with van der Waals surface area (Å²) in [6.45, 7) is 6.79. The molecule has 1 aromatic rings. The first kappa shape index (κ1) is 23.8. The molecule has 8 heteroatoms. The van der Waals surface area contributed by atoms with Crippen molar-refractivity contribution in [2.75, 3.05) is 31.1 Å². The van der Waals surface area contributed by atoms with Gasteiger partial charge in [-0.15, -0.1) is 0 Å². The first-order valence-corrected chi connectivity index (χ1v) is 11.4. The summed E-state index contributed by atoms with van der Waals surface area (Å²) in [7, 11) is 0. The molecule has 32 heavy (non-hydrogen) atoms. The van der Waals surface area contributed by atoms with Gasteiger partial charge in [-0.3, -0.25) is 19.2 Å². The van der Waals surface area contributed by atoms with Crippen LogP contribution in [-0.2, 0) is 35.1 Å². The van der Waals surface area contributed by atoms with Crippen LogP contribution in [0.3, 0.4) is 0 Å². The van der Waals surface area contributed by atoms with E-state index in [0.29, 0.717) is 32.5 Å². The number of aryl methyl sites for hydroxylation is 1. The maximum atomic E-state index is 12.7. The lowest BCUT2D eigenvalue weighted by atomic mass is 9.96. The van der Waals surface area contributed by atoms with Crippen LogP contribution in [0.25, 0.3) is 0 Å². The smallest absolute Gasteiger partial charge is 0.312 e. The van der Waals surface area contributed by atoms with Gasteiger partial charge in [-0.1, -0.05) is 25.1 Å². The Balaban J connectivity index is 1.53. The summed E-state index contributed by atoms with van der Waals surface area (Å²) in [6, 6.07) is 7.66.